The third kappa shape index (κ3) is 3.94. The van der Waals surface area contributed by atoms with Crippen LogP contribution in [0.5, 0.6) is 5.75 Å². The number of pyridine rings is 1. The van der Waals surface area contributed by atoms with Crippen LogP contribution in [0.2, 0.25) is 0 Å². The molecule has 4 nitrogen and oxygen atoms in total. The lowest BCUT2D eigenvalue weighted by Gasteiger charge is -2.18. The first-order chi connectivity index (χ1) is 11.6. The number of fused-ring (bicyclic) bond motifs is 1. The number of hydrogen-bond acceptors (Lipinski definition) is 3. The van der Waals surface area contributed by atoms with E-state index in [2.05, 4.69) is 24.1 Å². The van der Waals surface area contributed by atoms with E-state index in [1.54, 1.807) is 6.20 Å². The second kappa shape index (κ2) is 7.47. The normalized spacial score (nSPS) is 13.5. The number of ether oxygens (including phenoxy) is 1. The quantitative estimate of drug-likeness (QED) is 0.901. The molecule has 0 saturated carbocycles. The smallest absolute Gasteiger partial charge is 0.262 e. The third-order valence-electron chi connectivity index (χ3n) is 4.41. The summed E-state index contributed by atoms with van der Waals surface area (Å²) in [5, 5.41) is 2.88. The minimum absolute atomic E-state index is 0.0163. The van der Waals surface area contributed by atoms with Gasteiger partial charge in [-0.3, -0.25) is 9.78 Å². The van der Waals surface area contributed by atoms with Gasteiger partial charge in [0.05, 0.1) is 0 Å². The Morgan fingerprint density at radius 2 is 1.92 bits per heavy atom. The number of rotatable bonds is 5. The summed E-state index contributed by atoms with van der Waals surface area (Å²) >= 11 is 0. The van der Waals surface area contributed by atoms with Crippen molar-refractivity contribution in [1.82, 2.24) is 4.98 Å². The van der Waals surface area contributed by atoms with Crippen LogP contribution in [0.4, 0.5) is 5.69 Å². The van der Waals surface area contributed by atoms with Crippen molar-refractivity contribution in [3.63, 3.8) is 0 Å². The summed E-state index contributed by atoms with van der Waals surface area (Å²) in [4.78, 5) is 16.5. The molecule has 1 aromatic carbocycles. The number of aryl methyl sites for hydroxylation is 1. The fourth-order valence-corrected chi connectivity index (χ4v) is 3.02. The molecule has 1 N–H and O–H groups in total. The summed E-state index contributed by atoms with van der Waals surface area (Å²) in [6.45, 7) is 4.32. The molecular weight excluding hydrogens is 300 g/mol. The first-order valence-corrected chi connectivity index (χ1v) is 8.63. The topological polar surface area (TPSA) is 51.2 Å². The van der Waals surface area contributed by atoms with E-state index in [4.69, 9.17) is 4.74 Å². The van der Waals surface area contributed by atoms with Crippen LogP contribution in [0.3, 0.4) is 0 Å². The zero-order chi connectivity index (χ0) is 16.9. The Bertz CT molecular complexity index is 708. The average Bonchev–Trinajstić information content (AvgIpc) is 2.60. The van der Waals surface area contributed by atoms with Crippen molar-refractivity contribution < 1.29 is 9.53 Å². The van der Waals surface area contributed by atoms with Gasteiger partial charge in [0.2, 0.25) is 0 Å². The van der Waals surface area contributed by atoms with E-state index in [1.807, 2.05) is 30.3 Å². The number of nitrogens with zero attached hydrogens (tertiary/aromatic N) is 1. The number of aromatic nitrogens is 1. The molecule has 0 atom stereocenters. The molecule has 1 aliphatic rings. The molecule has 1 amide bonds. The van der Waals surface area contributed by atoms with Gasteiger partial charge in [0, 0.05) is 23.1 Å². The van der Waals surface area contributed by atoms with E-state index in [-0.39, 0.29) is 12.5 Å². The Labute approximate surface area is 143 Å². The maximum absolute atomic E-state index is 12.1. The van der Waals surface area contributed by atoms with Crippen molar-refractivity contribution in [2.24, 2.45) is 0 Å². The number of carbonyl (C=O) groups is 1. The molecule has 0 spiro atoms. The molecule has 2 aromatic rings. The summed E-state index contributed by atoms with van der Waals surface area (Å²) < 4.78 is 5.75. The van der Waals surface area contributed by atoms with E-state index >= 15 is 0 Å². The number of hydrogen-bond donors (Lipinski definition) is 1. The second-order valence-corrected chi connectivity index (χ2v) is 6.56. The minimum Gasteiger partial charge on any atom is -0.483 e. The highest BCUT2D eigenvalue weighted by Gasteiger charge is 2.16. The lowest BCUT2D eigenvalue weighted by Crippen LogP contribution is -2.21. The van der Waals surface area contributed by atoms with E-state index in [1.165, 1.54) is 12.0 Å². The van der Waals surface area contributed by atoms with Crippen LogP contribution in [-0.2, 0) is 17.6 Å². The minimum atomic E-state index is -0.145. The maximum atomic E-state index is 12.1. The zero-order valence-electron chi connectivity index (χ0n) is 14.3. The summed E-state index contributed by atoms with van der Waals surface area (Å²) in [6, 6.07) is 9.80. The number of amides is 1. The predicted octanol–water partition coefficient (Wildman–Crippen LogP) is 4.10. The highest BCUT2D eigenvalue weighted by Crippen LogP contribution is 2.27. The molecule has 1 heterocycles. The Hall–Kier alpha value is -2.36. The average molecular weight is 324 g/mol. The van der Waals surface area contributed by atoms with E-state index in [0.29, 0.717) is 5.92 Å². The maximum Gasteiger partial charge on any atom is 0.262 e. The summed E-state index contributed by atoms with van der Waals surface area (Å²) in [7, 11) is 0. The molecule has 0 radical (unpaired) electrons. The lowest BCUT2D eigenvalue weighted by molar-refractivity contribution is -0.118. The summed E-state index contributed by atoms with van der Waals surface area (Å²) in [5.74, 6) is 1.13. The molecular formula is C20H24N2O2. The molecule has 0 unspecified atom stereocenters. The van der Waals surface area contributed by atoms with Crippen LogP contribution in [0.1, 0.15) is 49.4 Å². The molecule has 0 aliphatic heterocycles. The van der Waals surface area contributed by atoms with Crippen LogP contribution >= 0.6 is 0 Å². The van der Waals surface area contributed by atoms with Crippen molar-refractivity contribution in [3.05, 3.63) is 53.3 Å². The Morgan fingerprint density at radius 1 is 1.17 bits per heavy atom. The van der Waals surface area contributed by atoms with Crippen LogP contribution in [0.15, 0.2) is 36.5 Å². The van der Waals surface area contributed by atoms with Gasteiger partial charge in [-0.15, -0.1) is 0 Å². The van der Waals surface area contributed by atoms with Gasteiger partial charge in [-0.2, -0.15) is 0 Å². The van der Waals surface area contributed by atoms with Crippen LogP contribution in [0.25, 0.3) is 0 Å². The monoisotopic (exact) mass is 324 g/mol. The first-order valence-electron chi connectivity index (χ1n) is 8.63. The van der Waals surface area contributed by atoms with E-state index in [9.17, 15) is 4.79 Å². The number of nitrogens with one attached hydrogen (secondary N) is 1. The number of anilines is 1. The Balaban J connectivity index is 1.58. The summed E-state index contributed by atoms with van der Waals surface area (Å²) in [6.07, 6.45) is 6.08. The molecule has 0 saturated heterocycles. The van der Waals surface area contributed by atoms with Gasteiger partial charge in [-0.1, -0.05) is 26.0 Å². The highest BCUT2D eigenvalue weighted by molar-refractivity contribution is 5.91. The third-order valence-corrected chi connectivity index (χ3v) is 4.41. The van der Waals surface area contributed by atoms with Crippen LogP contribution < -0.4 is 10.1 Å². The number of carbonyl (C=O) groups excluding carboxylic acids is 1. The largest absolute Gasteiger partial charge is 0.483 e. The van der Waals surface area contributed by atoms with E-state index in [0.717, 1.165) is 42.0 Å². The van der Waals surface area contributed by atoms with Gasteiger partial charge in [-0.05, 0) is 55.4 Å². The lowest BCUT2D eigenvalue weighted by atomic mass is 9.95. The highest BCUT2D eigenvalue weighted by atomic mass is 16.5. The Kier molecular flexibility index (Phi) is 5.14. The molecule has 1 aliphatic carbocycles. The molecule has 1 aromatic heterocycles. The van der Waals surface area contributed by atoms with Crippen molar-refractivity contribution >= 4 is 11.6 Å². The van der Waals surface area contributed by atoms with Crippen LogP contribution in [-0.4, -0.2) is 17.5 Å². The Morgan fingerprint density at radius 3 is 2.67 bits per heavy atom. The fraction of sp³-hybridized carbons (Fsp3) is 0.400. The van der Waals surface area contributed by atoms with E-state index < -0.39 is 0 Å². The fourth-order valence-electron chi connectivity index (χ4n) is 3.02. The summed E-state index contributed by atoms with van der Waals surface area (Å²) in [5.41, 5.74) is 4.33. The van der Waals surface area contributed by atoms with Crippen molar-refractivity contribution in [2.75, 3.05) is 11.9 Å². The van der Waals surface area contributed by atoms with Crippen LogP contribution in [0, 0.1) is 0 Å². The molecule has 4 heteroatoms. The molecule has 126 valence electrons. The molecule has 0 bridgehead atoms. The van der Waals surface area contributed by atoms with Gasteiger partial charge in [0.25, 0.3) is 5.91 Å². The molecule has 24 heavy (non-hydrogen) atoms. The van der Waals surface area contributed by atoms with Gasteiger partial charge in [-0.25, -0.2) is 0 Å². The van der Waals surface area contributed by atoms with Crippen molar-refractivity contribution in [1.29, 1.82) is 0 Å². The predicted molar refractivity (Wildman–Crippen MR) is 95.5 cm³/mol. The standard InChI is InChI=1S/C20H24N2O2/c1-14(2)15-7-9-16(10-8-15)22-20(23)13-24-19-11-12-21-18-6-4-3-5-17(18)19/h7-12,14H,3-6,13H2,1-2H3,(H,22,23). The SMILES string of the molecule is CC(C)c1ccc(NC(=O)COc2ccnc3c2CCCC3)cc1. The van der Waals surface area contributed by atoms with Crippen molar-refractivity contribution in [2.45, 2.75) is 45.4 Å². The van der Waals surface area contributed by atoms with Gasteiger partial charge in [0.15, 0.2) is 6.61 Å². The van der Waals surface area contributed by atoms with Crippen molar-refractivity contribution in [3.8, 4) is 5.75 Å². The number of benzene rings is 1. The molecule has 3 rings (SSSR count). The van der Waals surface area contributed by atoms with Gasteiger partial charge in [0.1, 0.15) is 5.75 Å². The second-order valence-electron chi connectivity index (χ2n) is 6.56. The van der Waals surface area contributed by atoms with Gasteiger partial charge >= 0.3 is 0 Å². The molecule has 0 fully saturated rings. The zero-order valence-corrected chi connectivity index (χ0v) is 14.3. The first kappa shape index (κ1) is 16.5. The van der Waals surface area contributed by atoms with Gasteiger partial charge < -0.3 is 10.1 Å².